The fourth-order valence-corrected chi connectivity index (χ4v) is 1.67. The van der Waals surface area contributed by atoms with Gasteiger partial charge in [0, 0.05) is 12.6 Å². The predicted molar refractivity (Wildman–Crippen MR) is 56.9 cm³/mol. The Morgan fingerprint density at radius 3 is 1.93 bits per heavy atom. The number of rotatable bonds is 6. The summed E-state index contributed by atoms with van der Waals surface area (Å²) < 4.78 is 24.7. The van der Waals surface area contributed by atoms with E-state index in [2.05, 4.69) is 0 Å². The molecule has 0 aliphatic rings. The Morgan fingerprint density at radius 2 is 1.67 bits per heavy atom. The van der Waals surface area contributed by atoms with E-state index in [4.69, 9.17) is 0 Å². The number of nitrogens with zero attached hydrogens (tertiary/aromatic N) is 1. The third-order valence-corrected chi connectivity index (χ3v) is 2.41. The van der Waals surface area contributed by atoms with Gasteiger partial charge >= 0.3 is 6.43 Å². The van der Waals surface area contributed by atoms with E-state index in [1.807, 2.05) is 27.7 Å². The van der Waals surface area contributed by atoms with Crippen molar-refractivity contribution in [3.05, 3.63) is 0 Å². The van der Waals surface area contributed by atoms with Crippen LogP contribution in [0.3, 0.4) is 0 Å². The monoisotopic (exact) mass is 221 g/mol. The van der Waals surface area contributed by atoms with Gasteiger partial charge in [-0.25, -0.2) is 0 Å². The second-order valence-corrected chi connectivity index (χ2v) is 4.16. The van der Waals surface area contributed by atoms with E-state index < -0.39 is 12.3 Å². The van der Waals surface area contributed by atoms with Crippen LogP contribution in [0, 0.1) is 5.92 Å². The van der Waals surface area contributed by atoms with Crippen LogP contribution >= 0.6 is 0 Å². The molecule has 0 spiro atoms. The SMILES string of the molecule is CCC(CC)N(CC(C)C)C(=O)C(F)F. The van der Waals surface area contributed by atoms with Crippen molar-refractivity contribution < 1.29 is 13.6 Å². The molecule has 0 fully saturated rings. The van der Waals surface area contributed by atoms with E-state index in [-0.39, 0.29) is 12.0 Å². The first-order chi connectivity index (χ1) is 6.93. The largest absolute Gasteiger partial charge is 0.335 e. The minimum atomic E-state index is -2.88. The first-order valence-corrected chi connectivity index (χ1v) is 5.52. The molecular weight excluding hydrogens is 200 g/mol. The molecule has 0 aromatic carbocycles. The molecule has 0 rings (SSSR count). The number of carbonyl (C=O) groups excluding carboxylic acids is 1. The summed E-state index contributed by atoms with van der Waals surface area (Å²) in [6, 6.07) is -0.0612. The van der Waals surface area contributed by atoms with E-state index in [1.165, 1.54) is 4.90 Å². The number of halogens is 2. The van der Waals surface area contributed by atoms with Crippen molar-refractivity contribution >= 4 is 5.91 Å². The Morgan fingerprint density at radius 1 is 1.20 bits per heavy atom. The van der Waals surface area contributed by atoms with Crippen LogP contribution in [0.5, 0.6) is 0 Å². The van der Waals surface area contributed by atoms with Gasteiger partial charge < -0.3 is 4.90 Å². The molecule has 4 heteroatoms. The van der Waals surface area contributed by atoms with Gasteiger partial charge in [0.1, 0.15) is 0 Å². The van der Waals surface area contributed by atoms with Crippen molar-refractivity contribution in [3.63, 3.8) is 0 Å². The number of hydrogen-bond acceptors (Lipinski definition) is 1. The van der Waals surface area contributed by atoms with E-state index >= 15 is 0 Å². The van der Waals surface area contributed by atoms with Crippen molar-refractivity contribution in [1.82, 2.24) is 4.90 Å². The van der Waals surface area contributed by atoms with Crippen LogP contribution in [0.1, 0.15) is 40.5 Å². The zero-order chi connectivity index (χ0) is 12.0. The van der Waals surface area contributed by atoms with Crippen LogP contribution in [0.15, 0.2) is 0 Å². The van der Waals surface area contributed by atoms with Gasteiger partial charge in [-0.15, -0.1) is 0 Å². The lowest BCUT2D eigenvalue weighted by atomic mass is 10.1. The third kappa shape index (κ3) is 4.58. The van der Waals surface area contributed by atoms with E-state index in [0.29, 0.717) is 6.54 Å². The molecule has 0 heterocycles. The Balaban J connectivity index is 4.62. The van der Waals surface area contributed by atoms with E-state index in [0.717, 1.165) is 12.8 Å². The maximum atomic E-state index is 12.4. The predicted octanol–water partition coefficient (Wildman–Crippen LogP) is 2.92. The fourth-order valence-electron chi connectivity index (χ4n) is 1.67. The van der Waals surface area contributed by atoms with Crippen LogP contribution in [0.2, 0.25) is 0 Å². The highest BCUT2D eigenvalue weighted by Gasteiger charge is 2.28. The van der Waals surface area contributed by atoms with Gasteiger partial charge in [0.2, 0.25) is 0 Å². The number of carbonyl (C=O) groups is 1. The molecule has 15 heavy (non-hydrogen) atoms. The van der Waals surface area contributed by atoms with Crippen LogP contribution < -0.4 is 0 Å². The highest BCUT2D eigenvalue weighted by atomic mass is 19.3. The van der Waals surface area contributed by atoms with Gasteiger partial charge in [-0.05, 0) is 18.8 Å². The summed E-state index contributed by atoms with van der Waals surface area (Å²) in [4.78, 5) is 12.6. The Hall–Kier alpha value is -0.670. The first-order valence-electron chi connectivity index (χ1n) is 5.52. The van der Waals surface area contributed by atoms with Crippen molar-refractivity contribution in [2.45, 2.75) is 53.0 Å². The molecule has 0 aliphatic heterocycles. The third-order valence-electron chi connectivity index (χ3n) is 2.41. The summed E-state index contributed by atoms with van der Waals surface area (Å²) in [5, 5.41) is 0. The first kappa shape index (κ1) is 14.3. The standard InChI is InChI=1S/C11H21F2NO/c1-5-9(6-2)14(7-8(3)4)11(15)10(12)13/h8-10H,5-7H2,1-4H3. The number of hydrogen-bond donors (Lipinski definition) is 0. The number of amides is 1. The van der Waals surface area contributed by atoms with Crippen molar-refractivity contribution in [2.75, 3.05) is 6.54 Å². The lowest BCUT2D eigenvalue weighted by Gasteiger charge is -2.31. The molecule has 0 N–H and O–H groups in total. The van der Waals surface area contributed by atoms with Gasteiger partial charge in [0.25, 0.3) is 5.91 Å². The van der Waals surface area contributed by atoms with Crippen molar-refractivity contribution in [1.29, 1.82) is 0 Å². The normalized spacial score (nSPS) is 11.5. The molecule has 2 nitrogen and oxygen atoms in total. The van der Waals surface area contributed by atoms with Gasteiger partial charge in [0.05, 0.1) is 0 Å². The van der Waals surface area contributed by atoms with Gasteiger partial charge in [-0.1, -0.05) is 27.7 Å². The maximum Gasteiger partial charge on any atom is 0.315 e. The lowest BCUT2D eigenvalue weighted by Crippen LogP contribution is -2.44. The van der Waals surface area contributed by atoms with Crippen LogP contribution in [0.4, 0.5) is 8.78 Å². The molecule has 0 unspecified atom stereocenters. The van der Waals surface area contributed by atoms with Gasteiger partial charge in [0.15, 0.2) is 0 Å². The molecule has 90 valence electrons. The maximum absolute atomic E-state index is 12.4. The zero-order valence-electron chi connectivity index (χ0n) is 9.96. The van der Waals surface area contributed by atoms with Crippen LogP contribution in [-0.2, 0) is 4.79 Å². The van der Waals surface area contributed by atoms with Crippen LogP contribution in [0.25, 0.3) is 0 Å². The van der Waals surface area contributed by atoms with Gasteiger partial charge in [-0.2, -0.15) is 8.78 Å². The molecule has 0 aromatic heterocycles. The molecule has 0 radical (unpaired) electrons. The topological polar surface area (TPSA) is 20.3 Å². The minimum absolute atomic E-state index is 0.0612. The Kier molecular flexibility index (Phi) is 6.45. The van der Waals surface area contributed by atoms with Crippen molar-refractivity contribution in [3.8, 4) is 0 Å². The smallest absolute Gasteiger partial charge is 0.315 e. The fraction of sp³-hybridized carbons (Fsp3) is 0.909. The molecule has 1 amide bonds. The quantitative estimate of drug-likeness (QED) is 0.675. The lowest BCUT2D eigenvalue weighted by molar-refractivity contribution is -0.146. The Bertz CT molecular complexity index is 191. The summed E-state index contributed by atoms with van der Waals surface area (Å²) in [7, 11) is 0. The van der Waals surface area contributed by atoms with Crippen molar-refractivity contribution in [2.24, 2.45) is 5.92 Å². The zero-order valence-corrected chi connectivity index (χ0v) is 9.96. The highest BCUT2D eigenvalue weighted by molar-refractivity contribution is 5.79. The summed E-state index contributed by atoms with van der Waals surface area (Å²) >= 11 is 0. The Labute approximate surface area is 90.6 Å². The van der Waals surface area contributed by atoms with E-state index in [1.54, 1.807) is 0 Å². The molecule has 0 saturated carbocycles. The average molecular weight is 221 g/mol. The van der Waals surface area contributed by atoms with E-state index in [9.17, 15) is 13.6 Å². The molecule has 0 aliphatic carbocycles. The summed E-state index contributed by atoms with van der Waals surface area (Å²) in [5.74, 6) is -0.814. The molecular formula is C11H21F2NO. The van der Waals surface area contributed by atoms with Gasteiger partial charge in [-0.3, -0.25) is 4.79 Å². The second kappa shape index (κ2) is 6.75. The van der Waals surface area contributed by atoms with Crippen LogP contribution in [-0.4, -0.2) is 29.8 Å². The molecule has 0 aromatic rings. The number of alkyl halides is 2. The summed E-state index contributed by atoms with van der Waals surface area (Å²) in [5.41, 5.74) is 0. The molecule has 0 saturated heterocycles. The second-order valence-electron chi connectivity index (χ2n) is 4.16. The summed E-state index contributed by atoms with van der Waals surface area (Å²) in [6.45, 7) is 8.10. The molecule has 0 atom stereocenters. The minimum Gasteiger partial charge on any atom is -0.335 e. The highest BCUT2D eigenvalue weighted by Crippen LogP contribution is 2.14. The average Bonchev–Trinajstić information content (AvgIpc) is 2.16. The summed E-state index contributed by atoms with van der Waals surface area (Å²) in [6.07, 6.45) is -1.44. The molecule has 0 bridgehead atoms.